The van der Waals surface area contributed by atoms with Crippen molar-refractivity contribution in [3.8, 4) is 5.88 Å². The Morgan fingerprint density at radius 3 is 2.48 bits per heavy atom. The van der Waals surface area contributed by atoms with E-state index in [9.17, 15) is 13.2 Å². The Balaban J connectivity index is 2.41. The molecule has 0 aliphatic carbocycles. The molecule has 6 nitrogen and oxygen atoms in total. The highest BCUT2D eigenvalue weighted by Gasteiger charge is 2.22. The van der Waals surface area contributed by atoms with Gasteiger partial charge in [-0.1, -0.05) is 29.3 Å². The maximum absolute atomic E-state index is 12.1. The molecule has 0 fully saturated rings. The molecule has 0 aliphatic heterocycles. The molecule has 0 radical (unpaired) electrons. The Morgan fingerprint density at radius 2 is 1.90 bits per heavy atom. The van der Waals surface area contributed by atoms with E-state index in [1.54, 1.807) is 19.1 Å². The molecule has 0 unspecified atom stereocenters. The van der Waals surface area contributed by atoms with E-state index in [1.807, 2.05) is 0 Å². The summed E-state index contributed by atoms with van der Waals surface area (Å²) in [5.41, 5.74) is 0.447. The molecule has 0 bridgehead atoms. The monoisotopic (exact) mass is 327 g/mol. The molecular formula is C13H10ClNO5S. The lowest BCUT2D eigenvalue weighted by atomic mass is 10.2. The number of aryl methyl sites for hydroxylation is 1. The summed E-state index contributed by atoms with van der Waals surface area (Å²) in [5.74, 6) is -1.92. The van der Waals surface area contributed by atoms with Gasteiger partial charge >= 0.3 is 16.1 Å². The van der Waals surface area contributed by atoms with Crippen molar-refractivity contribution < 1.29 is 22.5 Å². The first-order valence-electron chi connectivity index (χ1n) is 5.69. The number of carbonyl (C=O) groups is 1. The smallest absolute Gasteiger partial charge is 0.341 e. The average molecular weight is 328 g/mol. The van der Waals surface area contributed by atoms with Gasteiger partial charge in [0.2, 0.25) is 5.88 Å². The third-order valence-corrected chi connectivity index (χ3v) is 3.98. The number of halogens is 1. The molecule has 1 heterocycles. The number of nitrogens with zero attached hydrogens (tertiary/aromatic N) is 1. The number of pyridine rings is 1. The van der Waals surface area contributed by atoms with Gasteiger partial charge in [0, 0.05) is 6.20 Å². The minimum Gasteiger partial charge on any atom is -0.477 e. The second-order valence-corrected chi connectivity index (χ2v) is 6.14. The Kier molecular flexibility index (Phi) is 4.15. The number of aromatic nitrogens is 1. The molecule has 0 aliphatic rings. The highest BCUT2D eigenvalue weighted by molar-refractivity contribution is 7.87. The maximum atomic E-state index is 12.1. The lowest BCUT2D eigenvalue weighted by Gasteiger charge is -2.08. The topological polar surface area (TPSA) is 93.6 Å². The number of hydrogen-bond donors (Lipinski definition) is 1. The molecule has 0 saturated carbocycles. The van der Waals surface area contributed by atoms with E-state index in [2.05, 4.69) is 4.98 Å². The van der Waals surface area contributed by atoms with Crippen LogP contribution in [0, 0.1) is 6.92 Å². The molecule has 2 aromatic rings. The van der Waals surface area contributed by atoms with Crippen LogP contribution in [0.3, 0.4) is 0 Å². The van der Waals surface area contributed by atoms with Crippen molar-refractivity contribution in [2.24, 2.45) is 0 Å². The van der Waals surface area contributed by atoms with Crippen LogP contribution in [-0.4, -0.2) is 24.5 Å². The highest BCUT2D eigenvalue weighted by atomic mass is 35.5. The molecule has 8 heteroatoms. The number of aromatic carboxylic acids is 1. The van der Waals surface area contributed by atoms with Crippen LogP contribution < -0.4 is 4.18 Å². The summed E-state index contributed by atoms with van der Waals surface area (Å²) in [7, 11) is -4.17. The van der Waals surface area contributed by atoms with E-state index < -0.39 is 27.5 Å². The van der Waals surface area contributed by atoms with E-state index >= 15 is 0 Å². The zero-order chi connectivity index (χ0) is 15.6. The molecule has 0 atom stereocenters. The Hall–Kier alpha value is -2.12. The van der Waals surface area contributed by atoms with Crippen molar-refractivity contribution in [2.75, 3.05) is 0 Å². The fourth-order valence-corrected chi connectivity index (χ4v) is 2.57. The molecular weight excluding hydrogens is 318 g/mol. The molecule has 0 spiro atoms. The van der Waals surface area contributed by atoms with Gasteiger partial charge in [-0.2, -0.15) is 8.42 Å². The fourth-order valence-electron chi connectivity index (χ4n) is 1.50. The fraction of sp³-hybridized carbons (Fsp3) is 0.0769. The third-order valence-electron chi connectivity index (χ3n) is 2.55. The predicted molar refractivity (Wildman–Crippen MR) is 75.2 cm³/mol. The number of carboxylic acid groups (broad SMARTS) is 1. The van der Waals surface area contributed by atoms with E-state index in [1.165, 1.54) is 12.1 Å². The second-order valence-electron chi connectivity index (χ2n) is 4.16. The Morgan fingerprint density at radius 1 is 1.29 bits per heavy atom. The molecule has 110 valence electrons. The molecule has 1 aromatic carbocycles. The van der Waals surface area contributed by atoms with Crippen LogP contribution in [0.15, 0.2) is 41.4 Å². The first-order chi connectivity index (χ1) is 9.79. The third kappa shape index (κ3) is 3.50. The predicted octanol–water partition coefficient (Wildman–Crippen LogP) is 2.51. The summed E-state index contributed by atoms with van der Waals surface area (Å²) in [6.07, 6.45) is 1.11. The van der Waals surface area contributed by atoms with Gasteiger partial charge in [-0.05, 0) is 25.1 Å². The molecule has 21 heavy (non-hydrogen) atoms. The zero-order valence-electron chi connectivity index (χ0n) is 10.8. The summed E-state index contributed by atoms with van der Waals surface area (Å²) < 4.78 is 29.0. The minimum atomic E-state index is -4.17. The van der Waals surface area contributed by atoms with Gasteiger partial charge in [-0.15, -0.1) is 0 Å². The van der Waals surface area contributed by atoms with E-state index in [0.29, 0.717) is 0 Å². The molecule has 1 aromatic heterocycles. The van der Waals surface area contributed by atoms with Crippen molar-refractivity contribution in [3.63, 3.8) is 0 Å². The van der Waals surface area contributed by atoms with Gasteiger partial charge in [0.15, 0.2) is 0 Å². The van der Waals surface area contributed by atoms with Gasteiger partial charge in [-0.3, -0.25) is 0 Å². The van der Waals surface area contributed by atoms with Gasteiger partial charge in [0.05, 0.1) is 5.02 Å². The van der Waals surface area contributed by atoms with Gasteiger partial charge in [0.25, 0.3) is 0 Å². The van der Waals surface area contributed by atoms with E-state index in [4.69, 9.17) is 20.9 Å². The van der Waals surface area contributed by atoms with Crippen LogP contribution >= 0.6 is 11.6 Å². The van der Waals surface area contributed by atoms with Crippen molar-refractivity contribution in [1.29, 1.82) is 0 Å². The molecule has 0 amide bonds. The first kappa shape index (κ1) is 15.3. The maximum Gasteiger partial charge on any atom is 0.341 e. The van der Waals surface area contributed by atoms with Crippen LogP contribution in [0.5, 0.6) is 5.88 Å². The Labute approximate surface area is 126 Å². The van der Waals surface area contributed by atoms with Gasteiger partial charge < -0.3 is 9.29 Å². The Bertz CT molecular complexity index is 787. The SMILES string of the molecule is Cc1ccc(S(=O)(=O)Oc2ncc(Cl)cc2C(=O)O)cc1. The quantitative estimate of drug-likeness (QED) is 0.867. The molecule has 1 N–H and O–H groups in total. The van der Waals surface area contributed by atoms with E-state index in [0.717, 1.165) is 17.8 Å². The summed E-state index contributed by atoms with van der Waals surface area (Å²) >= 11 is 5.64. The minimum absolute atomic E-state index is 0.0625. The number of hydrogen-bond acceptors (Lipinski definition) is 5. The van der Waals surface area contributed by atoms with E-state index in [-0.39, 0.29) is 9.92 Å². The van der Waals surface area contributed by atoms with Crippen LogP contribution in [-0.2, 0) is 10.1 Å². The number of carboxylic acids is 1. The van der Waals surface area contributed by atoms with Crippen LogP contribution in [0.4, 0.5) is 0 Å². The largest absolute Gasteiger partial charge is 0.477 e. The summed E-state index contributed by atoms with van der Waals surface area (Å²) in [4.78, 5) is 14.6. The van der Waals surface area contributed by atoms with Gasteiger partial charge in [-0.25, -0.2) is 9.78 Å². The molecule has 2 rings (SSSR count). The average Bonchev–Trinajstić information content (AvgIpc) is 2.41. The standard InChI is InChI=1S/C13H10ClNO5S/c1-8-2-4-10(5-3-8)21(18,19)20-12-11(13(16)17)6-9(14)7-15-12/h2-7H,1H3,(H,16,17). The summed E-state index contributed by atoms with van der Waals surface area (Å²) in [5, 5.41) is 9.08. The second kappa shape index (κ2) is 5.71. The normalized spacial score (nSPS) is 11.1. The van der Waals surface area contributed by atoms with Crippen molar-refractivity contribution in [2.45, 2.75) is 11.8 Å². The summed E-state index contributed by atoms with van der Waals surface area (Å²) in [6, 6.07) is 6.99. The highest BCUT2D eigenvalue weighted by Crippen LogP contribution is 2.23. The number of benzene rings is 1. The van der Waals surface area contributed by atoms with Crippen LogP contribution in [0.25, 0.3) is 0 Å². The first-order valence-corrected chi connectivity index (χ1v) is 7.48. The molecule has 0 saturated heterocycles. The lowest BCUT2D eigenvalue weighted by Crippen LogP contribution is -2.13. The summed E-state index contributed by atoms with van der Waals surface area (Å²) in [6.45, 7) is 1.81. The van der Waals surface area contributed by atoms with Crippen LogP contribution in [0.1, 0.15) is 15.9 Å². The lowest BCUT2D eigenvalue weighted by molar-refractivity contribution is 0.0694. The van der Waals surface area contributed by atoms with Crippen LogP contribution in [0.2, 0.25) is 5.02 Å². The number of rotatable bonds is 4. The van der Waals surface area contributed by atoms with Crippen molar-refractivity contribution >= 4 is 27.7 Å². The van der Waals surface area contributed by atoms with Crippen molar-refractivity contribution in [3.05, 3.63) is 52.7 Å². The van der Waals surface area contributed by atoms with Crippen molar-refractivity contribution in [1.82, 2.24) is 4.98 Å². The van der Waals surface area contributed by atoms with Gasteiger partial charge in [0.1, 0.15) is 10.5 Å². The zero-order valence-corrected chi connectivity index (χ0v) is 12.4.